The van der Waals surface area contributed by atoms with Crippen molar-refractivity contribution in [2.45, 2.75) is 58.5 Å². The van der Waals surface area contributed by atoms with Gasteiger partial charge in [-0.25, -0.2) is 4.39 Å². The van der Waals surface area contributed by atoms with Crippen molar-refractivity contribution in [1.29, 1.82) is 0 Å². The van der Waals surface area contributed by atoms with Gasteiger partial charge in [0.2, 0.25) is 0 Å². The minimum Gasteiger partial charge on any atom is -0.490 e. The van der Waals surface area contributed by atoms with Gasteiger partial charge in [-0.05, 0) is 12.5 Å². The van der Waals surface area contributed by atoms with Crippen molar-refractivity contribution in [1.82, 2.24) is 0 Å². The van der Waals surface area contributed by atoms with Crippen molar-refractivity contribution in [3.8, 4) is 5.75 Å². The third kappa shape index (κ3) is 6.06. The zero-order valence-corrected chi connectivity index (χ0v) is 11.8. The second-order valence-corrected chi connectivity index (χ2v) is 4.86. The monoisotopic (exact) mass is 268 g/mol. The summed E-state index contributed by atoms with van der Waals surface area (Å²) in [5.74, 6) is -0.189. The Hall–Kier alpha value is -1.09. The minimum absolute atomic E-state index is 0.190. The first kappa shape index (κ1) is 16.0. The van der Waals surface area contributed by atoms with Crippen LogP contribution in [0, 0.1) is 5.82 Å². The standard InChI is InChI=1S/C16H25FO2/c1-2-3-4-5-6-7-8-12-19-16-14(13-18)10-9-11-15(16)17/h9-11,18H,2-8,12-13H2,1H3. The summed E-state index contributed by atoms with van der Waals surface area (Å²) in [7, 11) is 0. The average molecular weight is 268 g/mol. The predicted molar refractivity (Wildman–Crippen MR) is 75.8 cm³/mol. The van der Waals surface area contributed by atoms with Crippen LogP contribution in [0.25, 0.3) is 0 Å². The lowest BCUT2D eigenvalue weighted by atomic mass is 10.1. The fourth-order valence-electron chi connectivity index (χ4n) is 2.07. The Bertz CT molecular complexity index is 353. The molecule has 0 aliphatic carbocycles. The number of aliphatic hydroxyl groups excluding tert-OH is 1. The summed E-state index contributed by atoms with van der Waals surface area (Å²) in [5, 5.41) is 9.12. The zero-order chi connectivity index (χ0) is 13.9. The van der Waals surface area contributed by atoms with E-state index in [1.807, 2.05) is 0 Å². The largest absolute Gasteiger partial charge is 0.490 e. The summed E-state index contributed by atoms with van der Waals surface area (Å²) in [6.07, 6.45) is 8.42. The van der Waals surface area contributed by atoms with E-state index in [1.54, 1.807) is 12.1 Å². The Morgan fingerprint density at radius 2 is 1.74 bits per heavy atom. The quantitative estimate of drug-likeness (QED) is 0.635. The van der Waals surface area contributed by atoms with Gasteiger partial charge in [0.25, 0.3) is 0 Å². The molecular weight excluding hydrogens is 243 g/mol. The maximum atomic E-state index is 13.5. The number of para-hydroxylation sites is 1. The minimum atomic E-state index is -0.394. The summed E-state index contributed by atoms with van der Waals surface area (Å²) in [6.45, 7) is 2.53. The zero-order valence-electron chi connectivity index (χ0n) is 11.8. The Labute approximate surface area is 115 Å². The summed E-state index contributed by atoms with van der Waals surface area (Å²) in [4.78, 5) is 0. The van der Waals surface area contributed by atoms with Gasteiger partial charge in [0.15, 0.2) is 11.6 Å². The van der Waals surface area contributed by atoms with Crippen molar-refractivity contribution in [2.75, 3.05) is 6.61 Å². The number of hydrogen-bond acceptors (Lipinski definition) is 2. The summed E-state index contributed by atoms with van der Waals surface area (Å²) >= 11 is 0. The van der Waals surface area contributed by atoms with Crippen LogP contribution in [0.15, 0.2) is 18.2 Å². The molecule has 3 heteroatoms. The molecule has 1 rings (SSSR count). The normalized spacial score (nSPS) is 10.7. The molecular formula is C16H25FO2. The molecule has 0 fully saturated rings. The molecule has 0 aliphatic rings. The molecule has 0 atom stereocenters. The second kappa shape index (κ2) is 9.79. The maximum Gasteiger partial charge on any atom is 0.165 e. The molecule has 19 heavy (non-hydrogen) atoms. The van der Waals surface area contributed by atoms with Crippen molar-refractivity contribution in [3.05, 3.63) is 29.6 Å². The van der Waals surface area contributed by atoms with E-state index < -0.39 is 5.82 Å². The fourth-order valence-corrected chi connectivity index (χ4v) is 2.07. The molecule has 1 aromatic rings. The van der Waals surface area contributed by atoms with E-state index in [4.69, 9.17) is 9.84 Å². The van der Waals surface area contributed by atoms with Crippen LogP contribution in [0.1, 0.15) is 57.4 Å². The number of benzene rings is 1. The topological polar surface area (TPSA) is 29.5 Å². The maximum absolute atomic E-state index is 13.5. The Morgan fingerprint density at radius 1 is 1.05 bits per heavy atom. The van der Waals surface area contributed by atoms with Gasteiger partial charge in [0.1, 0.15) is 0 Å². The molecule has 0 saturated carbocycles. The van der Waals surface area contributed by atoms with Crippen molar-refractivity contribution in [2.24, 2.45) is 0 Å². The van der Waals surface area contributed by atoms with Gasteiger partial charge in [0, 0.05) is 5.56 Å². The second-order valence-electron chi connectivity index (χ2n) is 4.86. The number of aliphatic hydroxyl groups is 1. The summed E-state index contributed by atoms with van der Waals surface area (Å²) in [6, 6.07) is 4.63. The highest BCUT2D eigenvalue weighted by Gasteiger charge is 2.08. The Balaban J connectivity index is 2.19. The van der Waals surface area contributed by atoms with E-state index >= 15 is 0 Å². The van der Waals surface area contributed by atoms with Gasteiger partial charge < -0.3 is 9.84 Å². The summed E-state index contributed by atoms with van der Waals surface area (Å²) in [5.41, 5.74) is 0.517. The van der Waals surface area contributed by atoms with E-state index in [0.717, 1.165) is 12.8 Å². The van der Waals surface area contributed by atoms with Crippen LogP contribution in [-0.4, -0.2) is 11.7 Å². The smallest absolute Gasteiger partial charge is 0.165 e. The highest BCUT2D eigenvalue weighted by Crippen LogP contribution is 2.23. The van der Waals surface area contributed by atoms with E-state index in [2.05, 4.69) is 6.92 Å². The van der Waals surface area contributed by atoms with Gasteiger partial charge >= 0.3 is 0 Å². The third-order valence-corrected chi connectivity index (χ3v) is 3.21. The Morgan fingerprint density at radius 3 is 2.42 bits per heavy atom. The molecule has 2 nitrogen and oxygen atoms in total. The van der Waals surface area contributed by atoms with Crippen LogP contribution in [0.3, 0.4) is 0 Å². The molecule has 1 aromatic carbocycles. The van der Waals surface area contributed by atoms with Crippen LogP contribution >= 0.6 is 0 Å². The van der Waals surface area contributed by atoms with Gasteiger partial charge in [-0.2, -0.15) is 0 Å². The van der Waals surface area contributed by atoms with Crippen molar-refractivity contribution >= 4 is 0 Å². The van der Waals surface area contributed by atoms with Crippen LogP contribution in [0.2, 0.25) is 0 Å². The highest BCUT2D eigenvalue weighted by molar-refractivity contribution is 5.34. The number of unbranched alkanes of at least 4 members (excludes halogenated alkanes) is 6. The SMILES string of the molecule is CCCCCCCCCOc1c(F)cccc1CO. The van der Waals surface area contributed by atoms with Gasteiger partial charge in [-0.15, -0.1) is 0 Å². The molecule has 0 aromatic heterocycles. The summed E-state index contributed by atoms with van der Waals surface area (Å²) < 4.78 is 19.0. The van der Waals surface area contributed by atoms with Crippen LogP contribution in [-0.2, 0) is 6.61 Å². The first-order chi connectivity index (χ1) is 9.29. The lowest BCUT2D eigenvalue weighted by molar-refractivity contribution is 0.252. The molecule has 0 unspecified atom stereocenters. The van der Waals surface area contributed by atoms with E-state index in [1.165, 1.54) is 38.2 Å². The molecule has 0 bridgehead atoms. The van der Waals surface area contributed by atoms with Gasteiger partial charge in [0.05, 0.1) is 13.2 Å². The Kier molecular flexibility index (Phi) is 8.23. The van der Waals surface area contributed by atoms with E-state index in [9.17, 15) is 4.39 Å². The third-order valence-electron chi connectivity index (χ3n) is 3.21. The predicted octanol–water partition coefficient (Wildman–Crippen LogP) is 4.45. The first-order valence-electron chi connectivity index (χ1n) is 7.30. The van der Waals surface area contributed by atoms with Gasteiger partial charge in [-0.1, -0.05) is 57.6 Å². The molecule has 0 amide bonds. The number of rotatable bonds is 10. The number of hydrogen-bond donors (Lipinski definition) is 1. The average Bonchev–Trinajstić information content (AvgIpc) is 2.43. The van der Waals surface area contributed by atoms with Crippen LogP contribution in [0.4, 0.5) is 4.39 Å². The molecule has 0 aliphatic heterocycles. The lowest BCUT2D eigenvalue weighted by Gasteiger charge is -2.10. The number of halogens is 1. The van der Waals surface area contributed by atoms with E-state index in [0.29, 0.717) is 12.2 Å². The molecule has 1 N–H and O–H groups in total. The molecule has 0 heterocycles. The molecule has 108 valence electrons. The lowest BCUT2D eigenvalue weighted by Crippen LogP contribution is -2.02. The fraction of sp³-hybridized carbons (Fsp3) is 0.625. The van der Waals surface area contributed by atoms with Crippen LogP contribution < -0.4 is 4.74 Å². The number of ether oxygens (including phenoxy) is 1. The van der Waals surface area contributed by atoms with Gasteiger partial charge in [-0.3, -0.25) is 0 Å². The van der Waals surface area contributed by atoms with Crippen LogP contribution in [0.5, 0.6) is 5.75 Å². The van der Waals surface area contributed by atoms with Crippen molar-refractivity contribution in [3.63, 3.8) is 0 Å². The van der Waals surface area contributed by atoms with E-state index in [-0.39, 0.29) is 12.4 Å². The highest BCUT2D eigenvalue weighted by atomic mass is 19.1. The first-order valence-corrected chi connectivity index (χ1v) is 7.30. The molecule has 0 spiro atoms. The molecule has 0 radical (unpaired) electrons. The molecule has 0 saturated heterocycles. The van der Waals surface area contributed by atoms with Crippen molar-refractivity contribution < 1.29 is 14.2 Å².